The van der Waals surface area contributed by atoms with Crippen molar-refractivity contribution in [3.63, 3.8) is 0 Å². The van der Waals surface area contributed by atoms with Crippen LogP contribution in [0.25, 0.3) is 0 Å². The first-order valence-electron chi connectivity index (χ1n) is 6.03. The molecule has 0 aliphatic rings. The number of hydrogen-bond donors (Lipinski definition) is 1. The van der Waals surface area contributed by atoms with Crippen molar-refractivity contribution in [2.24, 2.45) is 5.92 Å². The third-order valence-electron chi connectivity index (χ3n) is 2.53. The van der Waals surface area contributed by atoms with Crippen molar-refractivity contribution < 1.29 is 9.59 Å². The molecule has 0 bridgehead atoms. The van der Waals surface area contributed by atoms with Crippen LogP contribution in [0.1, 0.15) is 31.1 Å². The number of carbonyl (C=O) groups is 2. The number of amides is 2. The van der Waals surface area contributed by atoms with Gasteiger partial charge in [-0.1, -0.05) is 13.8 Å². The van der Waals surface area contributed by atoms with E-state index in [-0.39, 0.29) is 11.8 Å². The number of benzene rings is 1. The van der Waals surface area contributed by atoms with E-state index in [9.17, 15) is 9.59 Å². The standard InChI is InChI=1S/C14H20N2O2/c1-10(2)9-16(4)14(18)15-13-7-5-12(6-8-13)11(3)17/h5-8,10H,9H2,1-4H3,(H,15,18). The Bertz CT molecular complexity index is 424. The number of rotatable bonds is 4. The predicted octanol–water partition coefficient (Wildman–Crippen LogP) is 3.01. The van der Waals surface area contributed by atoms with Gasteiger partial charge >= 0.3 is 6.03 Å². The summed E-state index contributed by atoms with van der Waals surface area (Å²) in [4.78, 5) is 24.6. The summed E-state index contributed by atoms with van der Waals surface area (Å²) in [6, 6.07) is 6.75. The van der Waals surface area contributed by atoms with Crippen LogP contribution in [0.4, 0.5) is 10.5 Å². The zero-order chi connectivity index (χ0) is 13.7. The van der Waals surface area contributed by atoms with Crippen LogP contribution in [0.15, 0.2) is 24.3 Å². The third kappa shape index (κ3) is 4.20. The molecule has 18 heavy (non-hydrogen) atoms. The molecule has 0 aromatic heterocycles. The van der Waals surface area contributed by atoms with Crippen molar-refractivity contribution in [3.8, 4) is 0 Å². The van der Waals surface area contributed by atoms with Gasteiger partial charge < -0.3 is 10.2 Å². The normalized spacial score (nSPS) is 10.3. The number of nitrogens with zero attached hydrogens (tertiary/aromatic N) is 1. The van der Waals surface area contributed by atoms with E-state index in [1.807, 2.05) is 0 Å². The van der Waals surface area contributed by atoms with E-state index in [1.54, 1.807) is 36.2 Å². The highest BCUT2D eigenvalue weighted by Crippen LogP contribution is 2.11. The molecule has 0 fully saturated rings. The lowest BCUT2D eigenvalue weighted by Crippen LogP contribution is -2.34. The molecule has 1 rings (SSSR count). The van der Waals surface area contributed by atoms with Crippen LogP contribution in [0, 0.1) is 5.92 Å². The lowest BCUT2D eigenvalue weighted by molar-refractivity contribution is 0.101. The van der Waals surface area contributed by atoms with Crippen LogP contribution in [-0.4, -0.2) is 30.3 Å². The molecule has 98 valence electrons. The lowest BCUT2D eigenvalue weighted by Gasteiger charge is -2.19. The van der Waals surface area contributed by atoms with Gasteiger partial charge in [0.15, 0.2) is 5.78 Å². The van der Waals surface area contributed by atoms with Crippen LogP contribution in [-0.2, 0) is 0 Å². The molecule has 0 heterocycles. The lowest BCUT2D eigenvalue weighted by atomic mass is 10.1. The van der Waals surface area contributed by atoms with Gasteiger partial charge in [-0.05, 0) is 37.1 Å². The zero-order valence-corrected chi connectivity index (χ0v) is 11.4. The van der Waals surface area contributed by atoms with Crippen LogP contribution in [0.3, 0.4) is 0 Å². The smallest absolute Gasteiger partial charge is 0.321 e. The second-order valence-corrected chi connectivity index (χ2v) is 4.84. The summed E-state index contributed by atoms with van der Waals surface area (Å²) in [6.45, 7) is 6.35. The SMILES string of the molecule is CC(=O)c1ccc(NC(=O)N(C)CC(C)C)cc1. The first-order valence-corrected chi connectivity index (χ1v) is 6.03. The van der Waals surface area contributed by atoms with Crippen molar-refractivity contribution in [1.82, 2.24) is 4.90 Å². The average Bonchev–Trinajstić information content (AvgIpc) is 2.28. The van der Waals surface area contributed by atoms with Gasteiger partial charge in [0.05, 0.1) is 0 Å². The number of anilines is 1. The van der Waals surface area contributed by atoms with E-state index in [4.69, 9.17) is 0 Å². The van der Waals surface area contributed by atoms with Gasteiger partial charge in [-0.25, -0.2) is 4.79 Å². The maximum atomic E-state index is 11.8. The summed E-state index contributed by atoms with van der Waals surface area (Å²) in [6.07, 6.45) is 0. The molecule has 0 radical (unpaired) electrons. The Morgan fingerprint density at radius 1 is 1.22 bits per heavy atom. The third-order valence-corrected chi connectivity index (χ3v) is 2.53. The van der Waals surface area contributed by atoms with E-state index in [1.165, 1.54) is 6.92 Å². The molecule has 1 aromatic carbocycles. The van der Waals surface area contributed by atoms with Crippen LogP contribution in [0.2, 0.25) is 0 Å². The van der Waals surface area contributed by atoms with Crippen molar-refractivity contribution in [2.45, 2.75) is 20.8 Å². The first-order chi connectivity index (χ1) is 8.40. The van der Waals surface area contributed by atoms with Gasteiger partial charge in [0.25, 0.3) is 0 Å². The van der Waals surface area contributed by atoms with E-state index >= 15 is 0 Å². The van der Waals surface area contributed by atoms with E-state index in [0.717, 1.165) is 0 Å². The van der Waals surface area contributed by atoms with Gasteiger partial charge in [-0.3, -0.25) is 4.79 Å². The fraction of sp³-hybridized carbons (Fsp3) is 0.429. The molecule has 1 N–H and O–H groups in total. The zero-order valence-electron chi connectivity index (χ0n) is 11.4. The minimum absolute atomic E-state index is 0.0183. The molecular weight excluding hydrogens is 228 g/mol. The van der Waals surface area contributed by atoms with Crippen molar-refractivity contribution in [1.29, 1.82) is 0 Å². The van der Waals surface area contributed by atoms with Crippen LogP contribution < -0.4 is 5.32 Å². The van der Waals surface area contributed by atoms with Gasteiger partial charge in [-0.15, -0.1) is 0 Å². The van der Waals surface area contributed by atoms with Gasteiger partial charge in [0.2, 0.25) is 0 Å². The summed E-state index contributed by atoms with van der Waals surface area (Å²) in [5, 5.41) is 2.79. The molecule has 0 aliphatic carbocycles. The minimum Gasteiger partial charge on any atom is -0.327 e. The molecule has 0 saturated carbocycles. The van der Waals surface area contributed by atoms with Gasteiger partial charge in [-0.2, -0.15) is 0 Å². The summed E-state index contributed by atoms with van der Waals surface area (Å²) in [7, 11) is 1.76. The maximum absolute atomic E-state index is 11.8. The number of urea groups is 1. The number of hydrogen-bond acceptors (Lipinski definition) is 2. The Hall–Kier alpha value is -1.84. The molecule has 0 unspecified atom stereocenters. The molecule has 0 aliphatic heterocycles. The molecule has 0 saturated heterocycles. The molecule has 4 heteroatoms. The Labute approximate surface area is 108 Å². The second kappa shape index (κ2) is 6.19. The number of Topliss-reactive ketones (excluding diaryl/α,β-unsaturated/α-hetero) is 1. The fourth-order valence-electron chi connectivity index (χ4n) is 1.64. The largest absolute Gasteiger partial charge is 0.327 e. The topological polar surface area (TPSA) is 49.4 Å². The van der Waals surface area contributed by atoms with Gasteiger partial charge in [0.1, 0.15) is 0 Å². The summed E-state index contributed by atoms with van der Waals surface area (Å²) < 4.78 is 0. The number of carbonyl (C=O) groups excluding carboxylic acids is 2. The van der Waals surface area contributed by atoms with E-state index in [0.29, 0.717) is 23.7 Å². The monoisotopic (exact) mass is 248 g/mol. The Morgan fingerprint density at radius 3 is 2.22 bits per heavy atom. The van der Waals surface area contributed by atoms with Crippen molar-refractivity contribution >= 4 is 17.5 Å². The summed E-state index contributed by atoms with van der Waals surface area (Å²) in [5.41, 5.74) is 1.34. The first kappa shape index (κ1) is 14.2. The van der Waals surface area contributed by atoms with Crippen LogP contribution in [0.5, 0.6) is 0 Å². The number of ketones is 1. The summed E-state index contributed by atoms with van der Waals surface area (Å²) >= 11 is 0. The Balaban J connectivity index is 2.62. The van der Waals surface area contributed by atoms with E-state index in [2.05, 4.69) is 19.2 Å². The van der Waals surface area contributed by atoms with Crippen molar-refractivity contribution in [3.05, 3.63) is 29.8 Å². The quantitative estimate of drug-likeness (QED) is 0.833. The molecule has 0 spiro atoms. The minimum atomic E-state index is -0.140. The number of nitrogens with one attached hydrogen (secondary N) is 1. The highest BCUT2D eigenvalue weighted by molar-refractivity contribution is 5.95. The highest BCUT2D eigenvalue weighted by atomic mass is 16.2. The van der Waals surface area contributed by atoms with Crippen molar-refractivity contribution in [2.75, 3.05) is 18.9 Å². The Kier molecular flexibility index (Phi) is 4.89. The van der Waals surface area contributed by atoms with E-state index < -0.39 is 0 Å². The maximum Gasteiger partial charge on any atom is 0.321 e. The highest BCUT2D eigenvalue weighted by Gasteiger charge is 2.10. The summed E-state index contributed by atoms with van der Waals surface area (Å²) in [5.74, 6) is 0.450. The molecule has 2 amide bonds. The Morgan fingerprint density at radius 2 is 1.78 bits per heavy atom. The predicted molar refractivity (Wildman–Crippen MR) is 72.9 cm³/mol. The average molecular weight is 248 g/mol. The van der Waals surface area contributed by atoms with Crippen LogP contribution >= 0.6 is 0 Å². The fourth-order valence-corrected chi connectivity index (χ4v) is 1.64. The second-order valence-electron chi connectivity index (χ2n) is 4.84. The molecule has 0 atom stereocenters. The molecule has 4 nitrogen and oxygen atoms in total. The molecular formula is C14H20N2O2. The van der Waals surface area contributed by atoms with Gasteiger partial charge in [0, 0.05) is 24.8 Å². The molecule has 1 aromatic rings.